The maximum atomic E-state index is 12.1. The van der Waals surface area contributed by atoms with E-state index in [9.17, 15) is 4.79 Å². The molecule has 1 aliphatic carbocycles. The smallest absolute Gasteiger partial charge is 0.136 e. The van der Waals surface area contributed by atoms with Gasteiger partial charge in [0.05, 0.1) is 5.52 Å². The Labute approximate surface area is 113 Å². The Morgan fingerprint density at radius 1 is 1.11 bits per heavy atom. The minimum atomic E-state index is 0.216. The SMILES string of the molecule is O=C1CCCCCC1Cc1ccnc2ccccc12. The summed E-state index contributed by atoms with van der Waals surface area (Å²) >= 11 is 0. The van der Waals surface area contributed by atoms with E-state index in [1.165, 1.54) is 23.8 Å². The molecule has 0 N–H and O–H groups in total. The quantitative estimate of drug-likeness (QED) is 0.759. The maximum Gasteiger partial charge on any atom is 0.136 e. The second-order valence-corrected chi connectivity index (χ2v) is 5.45. The van der Waals surface area contributed by atoms with Gasteiger partial charge in [-0.1, -0.05) is 31.0 Å². The van der Waals surface area contributed by atoms with Crippen LogP contribution in [0.5, 0.6) is 0 Å². The second-order valence-electron chi connectivity index (χ2n) is 5.45. The lowest BCUT2D eigenvalue weighted by molar-refractivity contribution is -0.122. The van der Waals surface area contributed by atoms with Crippen LogP contribution >= 0.6 is 0 Å². The van der Waals surface area contributed by atoms with E-state index in [1.807, 2.05) is 24.4 Å². The first kappa shape index (κ1) is 12.3. The molecule has 19 heavy (non-hydrogen) atoms. The van der Waals surface area contributed by atoms with Gasteiger partial charge >= 0.3 is 0 Å². The molecule has 2 nitrogen and oxygen atoms in total. The van der Waals surface area contributed by atoms with Crippen LogP contribution in [0, 0.1) is 5.92 Å². The minimum Gasteiger partial charge on any atom is -0.299 e. The fraction of sp³-hybridized carbons (Fsp3) is 0.412. The van der Waals surface area contributed by atoms with Gasteiger partial charge in [0.1, 0.15) is 5.78 Å². The maximum absolute atomic E-state index is 12.1. The topological polar surface area (TPSA) is 30.0 Å². The summed E-state index contributed by atoms with van der Waals surface area (Å²) in [5.74, 6) is 0.673. The molecule has 1 atom stereocenters. The molecular weight excluding hydrogens is 234 g/mol. The first-order valence-corrected chi connectivity index (χ1v) is 7.20. The molecule has 0 saturated heterocycles. The molecule has 2 heteroatoms. The van der Waals surface area contributed by atoms with E-state index in [-0.39, 0.29) is 5.92 Å². The average molecular weight is 253 g/mol. The molecule has 2 aromatic rings. The van der Waals surface area contributed by atoms with Crippen LogP contribution in [0.3, 0.4) is 0 Å². The van der Waals surface area contributed by atoms with E-state index >= 15 is 0 Å². The lowest BCUT2D eigenvalue weighted by Gasteiger charge is -2.14. The zero-order valence-corrected chi connectivity index (χ0v) is 11.1. The zero-order chi connectivity index (χ0) is 13.1. The van der Waals surface area contributed by atoms with Crippen LogP contribution in [-0.2, 0) is 11.2 Å². The molecule has 0 bridgehead atoms. The van der Waals surface area contributed by atoms with E-state index in [0.29, 0.717) is 5.78 Å². The second kappa shape index (κ2) is 5.52. The van der Waals surface area contributed by atoms with E-state index < -0.39 is 0 Å². The minimum absolute atomic E-state index is 0.216. The highest BCUT2D eigenvalue weighted by Crippen LogP contribution is 2.26. The predicted molar refractivity (Wildman–Crippen MR) is 77.0 cm³/mol. The predicted octanol–water partition coefficient (Wildman–Crippen LogP) is 3.93. The van der Waals surface area contributed by atoms with Crippen molar-refractivity contribution in [1.82, 2.24) is 4.98 Å². The van der Waals surface area contributed by atoms with Crippen molar-refractivity contribution in [3.63, 3.8) is 0 Å². The number of para-hydroxylation sites is 1. The van der Waals surface area contributed by atoms with E-state index in [2.05, 4.69) is 17.1 Å². The van der Waals surface area contributed by atoms with Gasteiger partial charge in [-0.15, -0.1) is 0 Å². The Kier molecular flexibility index (Phi) is 3.58. The Bertz CT molecular complexity index is 585. The molecule has 3 rings (SSSR count). The zero-order valence-electron chi connectivity index (χ0n) is 11.1. The monoisotopic (exact) mass is 253 g/mol. The van der Waals surface area contributed by atoms with Crippen molar-refractivity contribution < 1.29 is 4.79 Å². The number of hydrogen-bond donors (Lipinski definition) is 0. The number of ketones is 1. The van der Waals surface area contributed by atoms with Gasteiger partial charge in [-0.25, -0.2) is 0 Å². The number of pyridine rings is 1. The van der Waals surface area contributed by atoms with Gasteiger partial charge in [0.25, 0.3) is 0 Å². The summed E-state index contributed by atoms with van der Waals surface area (Å²) in [5.41, 5.74) is 2.30. The number of rotatable bonds is 2. The van der Waals surface area contributed by atoms with Gasteiger partial charge in [-0.05, 0) is 37.0 Å². The molecule has 0 spiro atoms. The van der Waals surface area contributed by atoms with Crippen molar-refractivity contribution in [3.8, 4) is 0 Å². The van der Waals surface area contributed by atoms with Crippen LogP contribution < -0.4 is 0 Å². The van der Waals surface area contributed by atoms with Gasteiger partial charge in [0.2, 0.25) is 0 Å². The number of hydrogen-bond acceptors (Lipinski definition) is 2. The van der Waals surface area contributed by atoms with Crippen LogP contribution in [0.4, 0.5) is 0 Å². The molecule has 1 heterocycles. The van der Waals surface area contributed by atoms with Crippen LogP contribution in [-0.4, -0.2) is 10.8 Å². The Morgan fingerprint density at radius 3 is 2.95 bits per heavy atom. The average Bonchev–Trinajstić information content (AvgIpc) is 2.65. The number of nitrogens with zero attached hydrogens (tertiary/aromatic N) is 1. The van der Waals surface area contributed by atoms with Crippen LogP contribution in [0.1, 0.15) is 37.7 Å². The standard InChI is InChI=1S/C17H19NO/c19-17-9-3-1-2-6-14(17)12-13-10-11-18-16-8-5-4-7-15(13)16/h4-5,7-8,10-11,14H,1-3,6,9,12H2. The molecule has 1 unspecified atom stereocenters. The van der Waals surface area contributed by atoms with Crippen molar-refractivity contribution >= 4 is 16.7 Å². The summed E-state index contributed by atoms with van der Waals surface area (Å²) in [6.07, 6.45) is 8.04. The number of carbonyl (C=O) groups excluding carboxylic acids is 1. The Hall–Kier alpha value is -1.70. The normalized spacial score (nSPS) is 20.4. The molecule has 0 aliphatic heterocycles. The Morgan fingerprint density at radius 2 is 2.00 bits per heavy atom. The van der Waals surface area contributed by atoms with Crippen molar-refractivity contribution in [1.29, 1.82) is 0 Å². The van der Waals surface area contributed by atoms with Crippen LogP contribution in [0.2, 0.25) is 0 Å². The lowest BCUT2D eigenvalue weighted by Crippen LogP contribution is -2.15. The highest BCUT2D eigenvalue weighted by atomic mass is 16.1. The highest BCUT2D eigenvalue weighted by Gasteiger charge is 2.21. The van der Waals surface area contributed by atoms with Crippen molar-refractivity contribution in [2.45, 2.75) is 38.5 Å². The third-order valence-corrected chi connectivity index (χ3v) is 4.14. The van der Waals surface area contributed by atoms with E-state index in [1.54, 1.807) is 0 Å². The van der Waals surface area contributed by atoms with Crippen LogP contribution in [0.25, 0.3) is 10.9 Å². The summed E-state index contributed by atoms with van der Waals surface area (Å²) in [6, 6.07) is 10.3. The molecule has 0 radical (unpaired) electrons. The molecule has 1 saturated carbocycles. The summed E-state index contributed by atoms with van der Waals surface area (Å²) in [5, 5.41) is 1.20. The van der Waals surface area contributed by atoms with Crippen molar-refractivity contribution in [2.75, 3.05) is 0 Å². The highest BCUT2D eigenvalue weighted by molar-refractivity contribution is 5.84. The molecule has 1 aromatic heterocycles. The molecule has 1 aliphatic rings. The summed E-state index contributed by atoms with van der Waals surface area (Å²) in [6.45, 7) is 0. The van der Waals surface area contributed by atoms with Gasteiger partial charge in [-0.2, -0.15) is 0 Å². The first-order chi connectivity index (χ1) is 9.34. The number of benzene rings is 1. The van der Waals surface area contributed by atoms with Gasteiger partial charge in [-0.3, -0.25) is 9.78 Å². The first-order valence-electron chi connectivity index (χ1n) is 7.20. The molecule has 1 aromatic carbocycles. The number of fused-ring (bicyclic) bond motifs is 1. The number of carbonyl (C=O) groups is 1. The van der Waals surface area contributed by atoms with Gasteiger partial charge in [0.15, 0.2) is 0 Å². The molecule has 0 amide bonds. The largest absolute Gasteiger partial charge is 0.299 e. The number of aromatic nitrogens is 1. The van der Waals surface area contributed by atoms with Gasteiger partial charge < -0.3 is 0 Å². The van der Waals surface area contributed by atoms with Crippen LogP contribution in [0.15, 0.2) is 36.5 Å². The van der Waals surface area contributed by atoms with E-state index in [4.69, 9.17) is 0 Å². The molecular formula is C17H19NO. The third kappa shape index (κ3) is 2.67. The van der Waals surface area contributed by atoms with Crippen molar-refractivity contribution in [2.24, 2.45) is 5.92 Å². The third-order valence-electron chi connectivity index (χ3n) is 4.14. The molecule has 1 fully saturated rings. The summed E-state index contributed by atoms with van der Waals surface area (Å²) in [4.78, 5) is 16.5. The fourth-order valence-corrected chi connectivity index (χ4v) is 3.05. The van der Waals surface area contributed by atoms with Crippen molar-refractivity contribution in [3.05, 3.63) is 42.1 Å². The van der Waals surface area contributed by atoms with Gasteiger partial charge in [0, 0.05) is 23.9 Å². The Balaban J connectivity index is 1.90. The fourth-order valence-electron chi connectivity index (χ4n) is 3.05. The summed E-state index contributed by atoms with van der Waals surface area (Å²) in [7, 11) is 0. The molecule has 98 valence electrons. The number of Topliss-reactive ketones (excluding diaryl/α,β-unsaturated/α-hetero) is 1. The summed E-state index contributed by atoms with van der Waals surface area (Å²) < 4.78 is 0. The van der Waals surface area contributed by atoms with E-state index in [0.717, 1.165) is 31.2 Å². The lowest BCUT2D eigenvalue weighted by atomic mass is 9.90.